The molecule has 0 bridgehead atoms. The third kappa shape index (κ3) is 5.15. The van der Waals surface area contributed by atoms with E-state index >= 15 is 0 Å². The summed E-state index contributed by atoms with van der Waals surface area (Å²) in [5.74, 6) is -2.77. The van der Waals surface area contributed by atoms with Crippen LogP contribution in [-0.2, 0) is 9.47 Å². The Morgan fingerprint density at radius 1 is 1.16 bits per heavy atom. The van der Waals surface area contributed by atoms with Gasteiger partial charge in [0.1, 0.15) is 21.5 Å². The molecule has 0 aliphatic carbocycles. The number of carbonyl (C=O) groups is 1. The first-order valence-electron chi connectivity index (χ1n) is 11.6. The van der Waals surface area contributed by atoms with Crippen molar-refractivity contribution in [1.82, 2.24) is 9.34 Å². The second-order valence-electron chi connectivity index (χ2n) is 8.37. The number of alkyl halides is 2. The number of methoxy groups -OCH3 is 1. The van der Waals surface area contributed by atoms with Gasteiger partial charge >= 0.3 is 5.97 Å². The Morgan fingerprint density at radius 3 is 2.47 bits per heavy atom. The maximum Gasteiger partial charge on any atom is 0.348 e. The van der Waals surface area contributed by atoms with Crippen LogP contribution in [0.25, 0.3) is 0 Å². The number of amidine groups is 1. The summed E-state index contributed by atoms with van der Waals surface area (Å²) in [5.41, 5.74) is 1.30. The summed E-state index contributed by atoms with van der Waals surface area (Å²) in [6.07, 6.45) is 0. The second kappa shape index (κ2) is 11.2. The van der Waals surface area contributed by atoms with Gasteiger partial charge in [0.25, 0.3) is 5.76 Å². The monoisotopic (exact) mass is 580 g/mol. The normalized spacial score (nSPS) is 19.7. The van der Waals surface area contributed by atoms with Gasteiger partial charge in [0.15, 0.2) is 7.36 Å². The SMILES string of the molecule is COC(=O)c1cc2c(s1)N=C(c1ccc(F)cc1)N(C)[P@]2(=Nc1ccc(SC(F)F)cc1)N1CCOCC1. The standard InChI is InChI=1S/C25H24F3N4O3PS2/c1-31-22(16-3-5-17(26)6-4-16)29-23-20(15-21(38-23)24(33)34-2)36(31,32-11-13-35-14-12-32)30-18-7-9-19(10-8-18)37-25(27)28/h3-10,15,25H,11-14H2,1-2H3/t36-/m0/s1. The number of halogens is 3. The fourth-order valence-electron chi connectivity index (χ4n) is 4.39. The molecule has 1 aromatic heterocycles. The number of thiophene rings is 1. The van der Waals surface area contributed by atoms with Crippen molar-refractivity contribution in [1.29, 1.82) is 0 Å². The van der Waals surface area contributed by atoms with Crippen molar-refractivity contribution >= 4 is 58.3 Å². The van der Waals surface area contributed by atoms with E-state index in [-0.39, 0.29) is 5.82 Å². The number of nitrogens with zero attached hydrogens (tertiary/aromatic N) is 4. The molecule has 3 aromatic rings. The molecule has 38 heavy (non-hydrogen) atoms. The van der Waals surface area contributed by atoms with E-state index in [9.17, 15) is 18.0 Å². The van der Waals surface area contributed by atoms with Gasteiger partial charge in [0, 0.05) is 30.6 Å². The van der Waals surface area contributed by atoms with E-state index in [0.717, 1.165) is 5.30 Å². The zero-order valence-electron chi connectivity index (χ0n) is 20.5. The molecule has 2 aliphatic rings. The summed E-state index contributed by atoms with van der Waals surface area (Å²) in [4.78, 5) is 18.3. The van der Waals surface area contributed by atoms with Crippen molar-refractivity contribution in [2.75, 3.05) is 40.5 Å². The van der Waals surface area contributed by atoms with Crippen LogP contribution in [0.2, 0.25) is 0 Å². The first-order chi connectivity index (χ1) is 18.3. The number of hydrogen-bond donors (Lipinski definition) is 0. The molecule has 0 N–H and O–H groups in total. The quantitative estimate of drug-likeness (QED) is 0.193. The van der Waals surface area contributed by atoms with Crippen LogP contribution < -0.4 is 5.30 Å². The van der Waals surface area contributed by atoms with E-state index in [1.54, 1.807) is 42.5 Å². The van der Waals surface area contributed by atoms with Gasteiger partial charge in [-0.3, -0.25) is 0 Å². The van der Waals surface area contributed by atoms with Crippen LogP contribution in [-0.4, -0.2) is 67.4 Å². The van der Waals surface area contributed by atoms with Crippen LogP contribution in [0.4, 0.5) is 23.9 Å². The van der Waals surface area contributed by atoms with E-state index in [1.807, 2.05) is 11.7 Å². The topological polar surface area (TPSA) is 66.7 Å². The number of ether oxygens (including phenoxy) is 2. The summed E-state index contributed by atoms with van der Waals surface area (Å²) in [6.45, 7) is 2.17. The molecule has 0 amide bonds. The predicted octanol–water partition coefficient (Wildman–Crippen LogP) is 6.33. The third-order valence-corrected chi connectivity index (χ3v) is 11.7. The number of morpholine rings is 1. The molecule has 1 fully saturated rings. The summed E-state index contributed by atoms with van der Waals surface area (Å²) in [5, 5.41) is 1.42. The molecule has 0 radical (unpaired) electrons. The van der Waals surface area contributed by atoms with Crippen molar-refractivity contribution in [3.05, 3.63) is 70.9 Å². The maximum absolute atomic E-state index is 13.8. The third-order valence-electron chi connectivity index (χ3n) is 6.14. The molecule has 13 heteroatoms. The minimum Gasteiger partial charge on any atom is -0.465 e. The second-order valence-corrected chi connectivity index (χ2v) is 13.4. The molecule has 0 saturated carbocycles. The fraction of sp³-hybridized carbons (Fsp3) is 0.280. The Morgan fingerprint density at radius 2 is 1.84 bits per heavy atom. The van der Waals surface area contributed by atoms with Crippen LogP contribution in [0.5, 0.6) is 0 Å². The molecule has 1 atom stereocenters. The van der Waals surface area contributed by atoms with E-state index in [0.29, 0.717) is 69.9 Å². The Bertz CT molecular complexity index is 1410. The number of carbonyl (C=O) groups excluding carboxylic acids is 1. The smallest absolute Gasteiger partial charge is 0.348 e. The molecule has 0 unspecified atom stereocenters. The first-order valence-corrected chi connectivity index (χ1v) is 15.0. The van der Waals surface area contributed by atoms with Gasteiger partial charge in [-0.05, 0) is 54.6 Å². The van der Waals surface area contributed by atoms with Gasteiger partial charge in [0.2, 0.25) is 0 Å². The predicted molar refractivity (Wildman–Crippen MR) is 145 cm³/mol. The van der Waals surface area contributed by atoms with Crippen molar-refractivity contribution < 1.29 is 27.4 Å². The van der Waals surface area contributed by atoms with Crippen LogP contribution >= 0.6 is 30.5 Å². The van der Waals surface area contributed by atoms with Gasteiger partial charge in [-0.1, -0.05) is 11.8 Å². The van der Waals surface area contributed by atoms with Crippen LogP contribution in [0.1, 0.15) is 15.2 Å². The lowest BCUT2D eigenvalue weighted by Crippen LogP contribution is -2.45. The van der Waals surface area contributed by atoms with Crippen molar-refractivity contribution in [2.45, 2.75) is 10.7 Å². The summed E-state index contributed by atoms with van der Waals surface area (Å²) < 4.78 is 59.8. The van der Waals surface area contributed by atoms with Gasteiger partial charge in [-0.2, -0.15) is 8.78 Å². The van der Waals surface area contributed by atoms with Gasteiger partial charge in [0.05, 0.1) is 31.3 Å². The van der Waals surface area contributed by atoms with Crippen molar-refractivity contribution in [2.24, 2.45) is 9.74 Å². The number of aliphatic imine (C=N–C) groups is 1. The lowest BCUT2D eigenvalue weighted by Gasteiger charge is -2.46. The molecule has 2 aromatic carbocycles. The molecule has 1 saturated heterocycles. The minimum absolute atomic E-state index is 0.363. The van der Waals surface area contributed by atoms with E-state index in [4.69, 9.17) is 19.2 Å². The molecular weight excluding hydrogens is 556 g/mol. The average Bonchev–Trinajstić information content (AvgIpc) is 3.36. The highest BCUT2D eigenvalue weighted by atomic mass is 32.2. The van der Waals surface area contributed by atoms with Gasteiger partial charge in [-0.15, -0.1) is 11.3 Å². The average molecular weight is 581 g/mol. The summed E-state index contributed by atoms with van der Waals surface area (Å²) in [6, 6.07) is 14.6. The molecular formula is C25H24F3N4O3PS2. The zero-order valence-corrected chi connectivity index (χ0v) is 23.0. The van der Waals surface area contributed by atoms with E-state index < -0.39 is 19.1 Å². The summed E-state index contributed by atoms with van der Waals surface area (Å²) in [7, 11) is 0.385. The van der Waals surface area contributed by atoms with E-state index in [1.165, 1.54) is 30.6 Å². The van der Waals surface area contributed by atoms with Crippen LogP contribution in [0.3, 0.4) is 0 Å². The number of fused-ring (bicyclic) bond motifs is 1. The number of benzene rings is 2. The fourth-order valence-corrected chi connectivity index (χ4v) is 9.92. The maximum atomic E-state index is 13.8. The Hall–Kier alpha value is -2.63. The van der Waals surface area contributed by atoms with Gasteiger partial charge in [-0.25, -0.2) is 23.6 Å². The lowest BCUT2D eigenvalue weighted by molar-refractivity contribution is 0.0606. The van der Waals surface area contributed by atoms with Crippen molar-refractivity contribution in [3.8, 4) is 0 Å². The van der Waals surface area contributed by atoms with Crippen LogP contribution in [0, 0.1) is 5.82 Å². The largest absolute Gasteiger partial charge is 0.465 e. The number of rotatable bonds is 6. The number of esters is 1. The highest BCUT2D eigenvalue weighted by Gasteiger charge is 2.43. The minimum atomic E-state index is -2.84. The Kier molecular flexibility index (Phi) is 7.97. The molecule has 3 heterocycles. The lowest BCUT2D eigenvalue weighted by atomic mass is 10.2. The first kappa shape index (κ1) is 27.0. The van der Waals surface area contributed by atoms with Crippen molar-refractivity contribution in [3.63, 3.8) is 0 Å². The van der Waals surface area contributed by atoms with Crippen LogP contribution in [0.15, 0.2) is 69.2 Å². The Labute approximate surface area is 226 Å². The highest BCUT2D eigenvalue weighted by molar-refractivity contribution is 7.99. The Balaban J connectivity index is 1.75. The molecule has 0 spiro atoms. The summed E-state index contributed by atoms with van der Waals surface area (Å²) >= 11 is 1.69. The number of thioether (sulfide) groups is 1. The zero-order chi connectivity index (χ0) is 26.9. The molecule has 5 rings (SSSR count). The molecule has 2 aliphatic heterocycles. The molecule has 7 nitrogen and oxygen atoms in total. The van der Waals surface area contributed by atoms with E-state index in [2.05, 4.69) is 4.67 Å². The van der Waals surface area contributed by atoms with Gasteiger partial charge < -0.3 is 14.1 Å². The number of hydrogen-bond acceptors (Lipinski definition) is 7. The highest BCUT2D eigenvalue weighted by Crippen LogP contribution is 2.62. The molecule has 200 valence electrons.